The minimum Gasteiger partial charge on any atom is -0.163 e. The predicted molar refractivity (Wildman–Crippen MR) is 58.1 cm³/mol. The van der Waals surface area contributed by atoms with Gasteiger partial charge in [0, 0.05) is 11.5 Å². The smallest absolute Gasteiger partial charge is 0.0666 e. The summed E-state index contributed by atoms with van der Waals surface area (Å²) in [7, 11) is 3.66. The zero-order chi connectivity index (χ0) is 6.69. The van der Waals surface area contributed by atoms with Gasteiger partial charge >= 0.3 is 0 Å². The predicted octanol–water partition coefficient (Wildman–Crippen LogP) is 2.63. The van der Waals surface area contributed by atoms with Crippen LogP contribution in [-0.2, 0) is 0 Å². The minimum atomic E-state index is 0.497. The second kappa shape index (κ2) is 4.59. The van der Waals surface area contributed by atoms with Crippen LogP contribution >= 0.6 is 58.6 Å². The van der Waals surface area contributed by atoms with Crippen LogP contribution < -0.4 is 0 Å². The van der Waals surface area contributed by atoms with Gasteiger partial charge in [-0.05, 0) is 0 Å². The molecule has 5 heteroatoms. The van der Waals surface area contributed by atoms with Crippen molar-refractivity contribution in [3.05, 3.63) is 0 Å². The van der Waals surface area contributed by atoms with Gasteiger partial charge in [0.05, 0.1) is 9.16 Å². The number of hydrogen-bond acceptors (Lipinski definition) is 5. The summed E-state index contributed by atoms with van der Waals surface area (Å²) >= 11 is 10.7. The number of hydrogen-bond donors (Lipinski definition) is 2. The highest BCUT2D eigenvalue weighted by Gasteiger charge is 2.14. The molecule has 1 aliphatic rings. The zero-order valence-corrected chi connectivity index (χ0v) is 8.93. The molecule has 0 aromatic heterocycles. The summed E-state index contributed by atoms with van der Waals surface area (Å²) < 4.78 is 0.995. The third-order valence-corrected chi connectivity index (χ3v) is 7.32. The van der Waals surface area contributed by atoms with Gasteiger partial charge in [0.15, 0.2) is 0 Å². The molecule has 0 bridgehead atoms. The van der Waals surface area contributed by atoms with E-state index in [1.807, 2.05) is 33.3 Å². The van der Waals surface area contributed by atoms with Crippen LogP contribution in [-0.4, -0.2) is 20.7 Å². The Morgan fingerprint density at radius 1 is 1.00 bits per heavy atom. The van der Waals surface area contributed by atoms with Crippen molar-refractivity contribution < 1.29 is 0 Å². The summed E-state index contributed by atoms with van der Waals surface area (Å²) in [6, 6.07) is 0. The molecule has 0 amide bonds. The van der Waals surface area contributed by atoms with Crippen molar-refractivity contribution in [2.24, 2.45) is 0 Å². The van der Waals surface area contributed by atoms with Crippen molar-refractivity contribution in [1.82, 2.24) is 0 Å². The molecule has 1 rings (SSSR count). The Bertz CT molecular complexity index is 75.0. The minimum absolute atomic E-state index is 0.497. The Hall–Kier alpha value is 1.75. The van der Waals surface area contributed by atoms with Crippen molar-refractivity contribution in [2.75, 3.05) is 11.5 Å². The lowest BCUT2D eigenvalue weighted by molar-refractivity contribution is 1.43. The van der Waals surface area contributed by atoms with Crippen LogP contribution in [0.4, 0.5) is 0 Å². The Kier molecular flexibility index (Phi) is 4.51. The Morgan fingerprint density at radius 3 is 1.89 bits per heavy atom. The summed E-state index contributed by atoms with van der Waals surface area (Å²) in [5.74, 6) is 2.30. The molecule has 1 fully saturated rings. The Morgan fingerprint density at radius 2 is 1.44 bits per heavy atom. The van der Waals surface area contributed by atoms with Crippen LogP contribution in [0.15, 0.2) is 0 Å². The second-order valence-electron chi connectivity index (χ2n) is 1.64. The lowest BCUT2D eigenvalue weighted by atomic mass is 10.9. The van der Waals surface area contributed by atoms with E-state index in [0.29, 0.717) is 9.16 Å². The SMILES string of the molecule is SC1CSCC(S)SS1. The molecule has 2 atom stereocenters. The molecule has 0 spiro atoms. The van der Waals surface area contributed by atoms with Crippen LogP contribution in [0.5, 0.6) is 0 Å². The molecule has 1 saturated heterocycles. The van der Waals surface area contributed by atoms with Crippen molar-refractivity contribution in [1.29, 1.82) is 0 Å². The first kappa shape index (κ1) is 8.84. The van der Waals surface area contributed by atoms with Crippen molar-refractivity contribution >= 4 is 58.6 Å². The van der Waals surface area contributed by atoms with Gasteiger partial charge < -0.3 is 0 Å². The van der Waals surface area contributed by atoms with Crippen LogP contribution in [0.2, 0.25) is 0 Å². The lowest BCUT2D eigenvalue weighted by Gasteiger charge is -2.02. The van der Waals surface area contributed by atoms with Gasteiger partial charge in [0.25, 0.3) is 0 Å². The molecule has 0 saturated carbocycles. The number of rotatable bonds is 0. The van der Waals surface area contributed by atoms with E-state index in [9.17, 15) is 0 Å². The summed E-state index contributed by atoms with van der Waals surface area (Å²) in [5.41, 5.74) is 0. The van der Waals surface area contributed by atoms with Gasteiger partial charge in [-0.1, -0.05) is 21.6 Å². The molecule has 9 heavy (non-hydrogen) atoms. The van der Waals surface area contributed by atoms with Gasteiger partial charge in [-0.3, -0.25) is 0 Å². The fourth-order valence-corrected chi connectivity index (χ4v) is 5.57. The molecule has 0 radical (unpaired) electrons. The van der Waals surface area contributed by atoms with E-state index in [4.69, 9.17) is 0 Å². The Labute approximate surface area is 78.9 Å². The summed E-state index contributed by atoms with van der Waals surface area (Å²) in [6.45, 7) is 0. The summed E-state index contributed by atoms with van der Waals surface area (Å²) in [4.78, 5) is 0. The molecule has 0 aromatic rings. The van der Waals surface area contributed by atoms with E-state index in [-0.39, 0.29) is 0 Å². The third-order valence-electron chi connectivity index (χ3n) is 0.799. The molecule has 2 unspecified atom stereocenters. The van der Waals surface area contributed by atoms with Crippen molar-refractivity contribution in [3.8, 4) is 0 Å². The molecule has 0 nitrogen and oxygen atoms in total. The van der Waals surface area contributed by atoms with E-state index >= 15 is 0 Å². The van der Waals surface area contributed by atoms with Crippen LogP contribution in [0, 0.1) is 0 Å². The molecule has 1 heterocycles. The molecule has 0 N–H and O–H groups in total. The van der Waals surface area contributed by atoms with Crippen molar-refractivity contribution in [3.63, 3.8) is 0 Å². The first-order chi connectivity index (χ1) is 4.29. The largest absolute Gasteiger partial charge is 0.163 e. The fourth-order valence-electron chi connectivity index (χ4n) is 0.453. The fraction of sp³-hybridized carbons (Fsp3) is 1.00. The van der Waals surface area contributed by atoms with Crippen molar-refractivity contribution in [2.45, 2.75) is 9.16 Å². The average molecular weight is 216 g/mol. The van der Waals surface area contributed by atoms with Gasteiger partial charge in [-0.15, -0.1) is 0 Å². The van der Waals surface area contributed by atoms with E-state index in [0.717, 1.165) is 11.5 Å². The molecular formula is C4H8S5. The van der Waals surface area contributed by atoms with Crippen LogP contribution in [0.25, 0.3) is 0 Å². The standard InChI is InChI=1S/C4H8S5/c5-3-1-7-2-4(6)9-8-3/h3-6H,1-2H2. The highest BCUT2D eigenvalue weighted by molar-refractivity contribution is 8.79. The van der Waals surface area contributed by atoms with Crippen LogP contribution in [0.1, 0.15) is 0 Å². The average Bonchev–Trinajstić information content (AvgIpc) is 1.97. The van der Waals surface area contributed by atoms with Gasteiger partial charge in [-0.2, -0.15) is 37.0 Å². The highest BCUT2D eigenvalue weighted by Crippen LogP contribution is 2.40. The molecule has 0 aliphatic carbocycles. The molecule has 54 valence electrons. The quantitative estimate of drug-likeness (QED) is 0.472. The summed E-state index contributed by atoms with van der Waals surface area (Å²) in [5, 5.41) is 0. The summed E-state index contributed by atoms with van der Waals surface area (Å²) in [6.07, 6.45) is 0. The monoisotopic (exact) mass is 216 g/mol. The van der Waals surface area contributed by atoms with E-state index < -0.39 is 0 Å². The zero-order valence-electron chi connectivity index (χ0n) is 4.69. The second-order valence-corrected chi connectivity index (χ2v) is 7.34. The maximum absolute atomic E-state index is 4.36. The lowest BCUT2D eigenvalue weighted by Crippen LogP contribution is -1.93. The molecular weight excluding hydrogens is 208 g/mol. The van der Waals surface area contributed by atoms with Crippen LogP contribution in [0.3, 0.4) is 0 Å². The Balaban J connectivity index is 2.25. The maximum Gasteiger partial charge on any atom is 0.0666 e. The van der Waals surface area contributed by atoms with E-state index in [1.165, 1.54) is 0 Å². The number of thiol groups is 2. The number of thioether (sulfide) groups is 1. The topological polar surface area (TPSA) is 0 Å². The van der Waals surface area contributed by atoms with Gasteiger partial charge in [0.2, 0.25) is 0 Å². The van der Waals surface area contributed by atoms with E-state index in [1.54, 1.807) is 0 Å². The first-order valence-electron chi connectivity index (χ1n) is 2.55. The van der Waals surface area contributed by atoms with E-state index in [2.05, 4.69) is 25.3 Å². The first-order valence-corrected chi connectivity index (χ1v) is 7.01. The molecule has 1 aliphatic heterocycles. The normalized spacial score (nSPS) is 38.0. The van der Waals surface area contributed by atoms with Gasteiger partial charge in [0.1, 0.15) is 0 Å². The maximum atomic E-state index is 4.36. The van der Waals surface area contributed by atoms with Gasteiger partial charge in [-0.25, -0.2) is 0 Å². The molecule has 0 aromatic carbocycles. The third kappa shape index (κ3) is 3.60. The highest BCUT2D eigenvalue weighted by atomic mass is 33.1.